The molecule has 6 nitrogen and oxygen atoms in total. The van der Waals surface area contributed by atoms with Crippen molar-refractivity contribution >= 4 is 17.7 Å². The zero-order chi connectivity index (χ0) is 14.8. The molecule has 2 fully saturated rings. The van der Waals surface area contributed by atoms with E-state index < -0.39 is 0 Å². The summed E-state index contributed by atoms with van der Waals surface area (Å²) in [6.45, 7) is 2.78. The van der Waals surface area contributed by atoms with Gasteiger partial charge < -0.3 is 14.7 Å². The van der Waals surface area contributed by atoms with Gasteiger partial charge in [0.2, 0.25) is 11.9 Å². The Labute approximate surface area is 125 Å². The van der Waals surface area contributed by atoms with Crippen LogP contribution in [0.25, 0.3) is 0 Å². The number of carbonyl (C=O) groups excluding carboxylic acids is 1. The molecule has 114 valence electrons. The minimum absolute atomic E-state index is 0.333. The van der Waals surface area contributed by atoms with Crippen molar-refractivity contribution in [3.05, 3.63) is 12.3 Å². The first-order valence-corrected chi connectivity index (χ1v) is 7.70. The van der Waals surface area contributed by atoms with Gasteiger partial charge >= 0.3 is 0 Å². The number of hydrogen-bond acceptors (Lipinski definition) is 5. The maximum atomic E-state index is 11.8. The van der Waals surface area contributed by atoms with Crippen molar-refractivity contribution in [2.75, 3.05) is 43.5 Å². The molecule has 3 heterocycles. The van der Waals surface area contributed by atoms with Gasteiger partial charge in [-0.2, -0.15) is 4.98 Å². The largest absolute Gasteiger partial charge is 0.363 e. The molecule has 1 aromatic heterocycles. The fraction of sp³-hybridized carbons (Fsp3) is 0.667. The van der Waals surface area contributed by atoms with Crippen LogP contribution in [0, 0.1) is 0 Å². The Morgan fingerprint density at radius 2 is 2.00 bits per heavy atom. The molecule has 21 heavy (non-hydrogen) atoms. The number of carbonyl (C=O) groups is 1. The smallest absolute Gasteiger partial charge is 0.227 e. The van der Waals surface area contributed by atoms with E-state index in [-0.39, 0.29) is 0 Å². The summed E-state index contributed by atoms with van der Waals surface area (Å²) in [5.74, 6) is 2.06. The normalized spacial score (nSPS) is 20.2. The average molecular weight is 289 g/mol. The lowest BCUT2D eigenvalue weighted by molar-refractivity contribution is -0.130. The van der Waals surface area contributed by atoms with E-state index in [9.17, 15) is 4.79 Å². The number of aromatic nitrogens is 2. The zero-order valence-corrected chi connectivity index (χ0v) is 12.8. The van der Waals surface area contributed by atoms with E-state index >= 15 is 0 Å². The summed E-state index contributed by atoms with van der Waals surface area (Å²) < 4.78 is 0. The van der Waals surface area contributed by atoms with Crippen LogP contribution in [-0.2, 0) is 4.79 Å². The number of nitrogens with zero attached hydrogens (tertiary/aromatic N) is 5. The number of rotatable bonds is 3. The third-order valence-corrected chi connectivity index (χ3v) is 4.38. The molecule has 2 aliphatic rings. The topological polar surface area (TPSA) is 52.6 Å². The number of likely N-dealkylation sites (tertiary alicyclic amines) is 1. The molecule has 0 saturated carbocycles. The molecule has 3 rings (SSSR count). The van der Waals surface area contributed by atoms with E-state index in [0.29, 0.717) is 11.9 Å². The summed E-state index contributed by atoms with van der Waals surface area (Å²) in [5, 5.41) is 0. The fourth-order valence-electron chi connectivity index (χ4n) is 3.17. The van der Waals surface area contributed by atoms with Gasteiger partial charge in [0.1, 0.15) is 5.82 Å². The monoisotopic (exact) mass is 289 g/mol. The molecule has 6 heteroatoms. The average Bonchev–Trinajstić information content (AvgIpc) is 2.94. The number of amides is 1. The summed E-state index contributed by atoms with van der Waals surface area (Å²) in [4.78, 5) is 27.1. The van der Waals surface area contributed by atoms with Gasteiger partial charge in [0.15, 0.2) is 0 Å². The molecular weight excluding hydrogens is 266 g/mol. The van der Waals surface area contributed by atoms with Crippen LogP contribution < -0.4 is 9.80 Å². The van der Waals surface area contributed by atoms with E-state index in [0.717, 1.165) is 57.1 Å². The standard InChI is InChI=1S/C15H23N5O/c1-18(2)13-5-8-16-15(17-13)19-10-6-12(7-11-19)20-9-3-4-14(20)21/h5,8,12H,3-4,6-7,9-11H2,1-2H3. The summed E-state index contributed by atoms with van der Waals surface area (Å²) in [7, 11) is 3.97. The first-order chi connectivity index (χ1) is 10.1. The first kappa shape index (κ1) is 14.1. The van der Waals surface area contributed by atoms with Gasteiger partial charge in [0, 0.05) is 52.4 Å². The van der Waals surface area contributed by atoms with Gasteiger partial charge in [0.05, 0.1) is 0 Å². The van der Waals surface area contributed by atoms with Crippen molar-refractivity contribution in [2.45, 2.75) is 31.7 Å². The molecule has 0 atom stereocenters. The van der Waals surface area contributed by atoms with E-state index in [2.05, 4.69) is 19.8 Å². The second-order valence-corrected chi connectivity index (χ2v) is 6.02. The molecule has 0 aliphatic carbocycles. The number of anilines is 2. The van der Waals surface area contributed by atoms with Crippen LogP contribution in [0.5, 0.6) is 0 Å². The van der Waals surface area contributed by atoms with Gasteiger partial charge in [-0.1, -0.05) is 0 Å². The molecule has 2 saturated heterocycles. The van der Waals surface area contributed by atoms with Crippen molar-refractivity contribution in [3.63, 3.8) is 0 Å². The summed E-state index contributed by atoms with van der Waals surface area (Å²) in [6, 6.07) is 2.33. The quantitative estimate of drug-likeness (QED) is 0.835. The Hall–Kier alpha value is -1.85. The van der Waals surface area contributed by atoms with E-state index in [1.54, 1.807) is 0 Å². The lowest BCUT2D eigenvalue weighted by Crippen LogP contribution is -2.45. The second kappa shape index (κ2) is 5.87. The molecule has 2 aliphatic heterocycles. The molecule has 1 aromatic rings. The van der Waals surface area contributed by atoms with Crippen molar-refractivity contribution < 1.29 is 4.79 Å². The van der Waals surface area contributed by atoms with Gasteiger partial charge in [-0.25, -0.2) is 4.98 Å². The number of piperidine rings is 1. The molecule has 0 bridgehead atoms. The highest BCUT2D eigenvalue weighted by molar-refractivity contribution is 5.78. The van der Waals surface area contributed by atoms with Crippen molar-refractivity contribution in [2.24, 2.45) is 0 Å². The fourth-order valence-corrected chi connectivity index (χ4v) is 3.17. The van der Waals surface area contributed by atoms with Gasteiger partial charge in [-0.3, -0.25) is 4.79 Å². The van der Waals surface area contributed by atoms with Crippen LogP contribution in [0.2, 0.25) is 0 Å². The maximum Gasteiger partial charge on any atom is 0.227 e. The lowest BCUT2D eigenvalue weighted by Gasteiger charge is -2.36. The van der Waals surface area contributed by atoms with Crippen LogP contribution in [0.15, 0.2) is 12.3 Å². The Kier molecular flexibility index (Phi) is 3.94. The SMILES string of the molecule is CN(C)c1ccnc(N2CCC(N3CCCC3=O)CC2)n1. The van der Waals surface area contributed by atoms with Gasteiger partial charge in [0.25, 0.3) is 0 Å². The number of hydrogen-bond donors (Lipinski definition) is 0. The highest BCUT2D eigenvalue weighted by Gasteiger charge is 2.31. The Bertz CT molecular complexity index is 511. The highest BCUT2D eigenvalue weighted by Crippen LogP contribution is 2.24. The molecule has 0 radical (unpaired) electrons. The minimum Gasteiger partial charge on any atom is -0.363 e. The zero-order valence-electron chi connectivity index (χ0n) is 12.8. The molecule has 1 amide bonds. The Morgan fingerprint density at radius 3 is 2.62 bits per heavy atom. The third kappa shape index (κ3) is 2.94. The van der Waals surface area contributed by atoms with Gasteiger partial charge in [-0.05, 0) is 25.3 Å². The maximum absolute atomic E-state index is 11.8. The van der Waals surface area contributed by atoms with Gasteiger partial charge in [-0.15, -0.1) is 0 Å². The van der Waals surface area contributed by atoms with Crippen LogP contribution in [0.4, 0.5) is 11.8 Å². The van der Waals surface area contributed by atoms with E-state index in [1.807, 2.05) is 31.3 Å². The highest BCUT2D eigenvalue weighted by atomic mass is 16.2. The minimum atomic E-state index is 0.333. The molecule has 0 unspecified atom stereocenters. The molecular formula is C15H23N5O. The predicted octanol–water partition coefficient (Wildman–Crippen LogP) is 1.13. The Morgan fingerprint density at radius 1 is 1.24 bits per heavy atom. The third-order valence-electron chi connectivity index (χ3n) is 4.38. The lowest BCUT2D eigenvalue weighted by atomic mass is 10.0. The Balaban J connectivity index is 1.63. The predicted molar refractivity (Wildman–Crippen MR) is 82.5 cm³/mol. The van der Waals surface area contributed by atoms with Crippen LogP contribution in [0.1, 0.15) is 25.7 Å². The van der Waals surface area contributed by atoms with Crippen molar-refractivity contribution in [1.82, 2.24) is 14.9 Å². The van der Waals surface area contributed by atoms with Crippen LogP contribution in [-0.4, -0.2) is 60.5 Å². The second-order valence-electron chi connectivity index (χ2n) is 6.02. The molecule has 0 N–H and O–H groups in total. The summed E-state index contributed by atoms with van der Waals surface area (Å²) in [5.41, 5.74) is 0. The van der Waals surface area contributed by atoms with E-state index in [1.165, 1.54) is 0 Å². The van der Waals surface area contributed by atoms with Crippen LogP contribution in [0.3, 0.4) is 0 Å². The van der Waals surface area contributed by atoms with Crippen molar-refractivity contribution in [1.29, 1.82) is 0 Å². The summed E-state index contributed by atoms with van der Waals surface area (Å²) >= 11 is 0. The first-order valence-electron chi connectivity index (χ1n) is 7.70. The van der Waals surface area contributed by atoms with Crippen molar-refractivity contribution in [3.8, 4) is 0 Å². The van der Waals surface area contributed by atoms with E-state index in [4.69, 9.17) is 0 Å². The summed E-state index contributed by atoms with van der Waals surface area (Å²) in [6.07, 6.45) is 5.59. The molecule has 0 aromatic carbocycles. The molecule has 0 spiro atoms. The van der Waals surface area contributed by atoms with Crippen LogP contribution >= 0.6 is 0 Å².